The second kappa shape index (κ2) is 7.36. The maximum atomic E-state index is 10.4. The summed E-state index contributed by atoms with van der Waals surface area (Å²) in [6, 6.07) is 0. The standard InChI is InChI=1S/C12H20O2/c1-4-5-6-10(2)7-8-11(3)9-12(13)14/h7-8H,4-6,9H2,1-3H3,(H,13,14)/b10-7+,11-8+. The Morgan fingerprint density at radius 3 is 2.29 bits per heavy atom. The van der Waals surface area contributed by atoms with E-state index in [0.29, 0.717) is 0 Å². The summed E-state index contributed by atoms with van der Waals surface area (Å²) in [6.45, 7) is 6.09. The third kappa shape index (κ3) is 7.59. The van der Waals surface area contributed by atoms with Crippen LogP contribution in [0.5, 0.6) is 0 Å². The summed E-state index contributed by atoms with van der Waals surface area (Å²) < 4.78 is 0. The molecule has 0 aliphatic heterocycles. The number of aliphatic carboxylic acids is 1. The van der Waals surface area contributed by atoms with Crippen LogP contribution in [0.15, 0.2) is 23.3 Å². The van der Waals surface area contributed by atoms with E-state index in [9.17, 15) is 4.79 Å². The van der Waals surface area contributed by atoms with Gasteiger partial charge in [-0.25, -0.2) is 0 Å². The number of carbonyl (C=O) groups is 1. The van der Waals surface area contributed by atoms with Gasteiger partial charge in [0.25, 0.3) is 0 Å². The number of hydrogen-bond donors (Lipinski definition) is 1. The van der Waals surface area contributed by atoms with Gasteiger partial charge in [0.2, 0.25) is 0 Å². The van der Waals surface area contributed by atoms with E-state index >= 15 is 0 Å². The minimum Gasteiger partial charge on any atom is -0.481 e. The second-order valence-electron chi connectivity index (χ2n) is 3.70. The number of carboxylic acids is 1. The van der Waals surface area contributed by atoms with Gasteiger partial charge in [-0.05, 0) is 26.7 Å². The van der Waals surface area contributed by atoms with Crippen LogP contribution in [0.1, 0.15) is 46.5 Å². The quantitative estimate of drug-likeness (QED) is 0.660. The number of unbranched alkanes of at least 4 members (excludes halogenated alkanes) is 1. The number of carboxylic acid groups (broad SMARTS) is 1. The second-order valence-corrected chi connectivity index (χ2v) is 3.70. The minimum atomic E-state index is -0.765. The van der Waals surface area contributed by atoms with Crippen molar-refractivity contribution in [2.24, 2.45) is 0 Å². The predicted molar refractivity (Wildman–Crippen MR) is 59.3 cm³/mol. The lowest BCUT2D eigenvalue weighted by molar-refractivity contribution is -0.136. The molecule has 2 heteroatoms. The van der Waals surface area contributed by atoms with Gasteiger partial charge in [0.15, 0.2) is 0 Å². The molecule has 0 unspecified atom stereocenters. The van der Waals surface area contributed by atoms with Crippen molar-refractivity contribution in [2.75, 3.05) is 0 Å². The maximum Gasteiger partial charge on any atom is 0.307 e. The molecule has 0 saturated heterocycles. The van der Waals surface area contributed by atoms with Crippen molar-refractivity contribution in [1.29, 1.82) is 0 Å². The van der Waals surface area contributed by atoms with E-state index in [0.717, 1.165) is 12.0 Å². The van der Waals surface area contributed by atoms with Gasteiger partial charge in [-0.3, -0.25) is 4.79 Å². The fraction of sp³-hybridized carbons (Fsp3) is 0.583. The lowest BCUT2D eigenvalue weighted by Crippen LogP contribution is -1.94. The third-order valence-electron chi connectivity index (χ3n) is 2.01. The van der Waals surface area contributed by atoms with Gasteiger partial charge in [0, 0.05) is 0 Å². The molecule has 0 fully saturated rings. The van der Waals surface area contributed by atoms with Gasteiger partial charge >= 0.3 is 5.97 Å². The Bertz CT molecular complexity index is 237. The van der Waals surface area contributed by atoms with Gasteiger partial charge in [-0.1, -0.05) is 36.6 Å². The Balaban J connectivity index is 4.02. The summed E-state index contributed by atoms with van der Waals surface area (Å²) in [7, 11) is 0. The smallest absolute Gasteiger partial charge is 0.307 e. The fourth-order valence-corrected chi connectivity index (χ4v) is 1.12. The Kier molecular flexibility index (Phi) is 6.81. The van der Waals surface area contributed by atoms with Crippen molar-refractivity contribution in [3.05, 3.63) is 23.3 Å². The summed E-state index contributed by atoms with van der Waals surface area (Å²) in [5, 5.41) is 8.53. The largest absolute Gasteiger partial charge is 0.481 e. The maximum absolute atomic E-state index is 10.4. The van der Waals surface area contributed by atoms with E-state index in [2.05, 4.69) is 13.8 Å². The average Bonchev–Trinajstić information content (AvgIpc) is 2.10. The van der Waals surface area contributed by atoms with Gasteiger partial charge in [-0.15, -0.1) is 0 Å². The molecule has 0 spiro atoms. The Morgan fingerprint density at radius 1 is 1.21 bits per heavy atom. The van der Waals surface area contributed by atoms with Crippen LogP contribution >= 0.6 is 0 Å². The summed E-state index contributed by atoms with van der Waals surface area (Å²) in [5.74, 6) is -0.765. The predicted octanol–water partition coefficient (Wildman–Crippen LogP) is 3.54. The van der Waals surface area contributed by atoms with Crippen LogP contribution in [0.25, 0.3) is 0 Å². The molecule has 0 aliphatic carbocycles. The molecule has 0 aliphatic rings. The minimum absolute atomic E-state index is 0.136. The lowest BCUT2D eigenvalue weighted by Gasteiger charge is -1.98. The van der Waals surface area contributed by atoms with Crippen molar-refractivity contribution in [2.45, 2.75) is 46.5 Å². The molecule has 80 valence electrons. The normalized spacial score (nSPS) is 13.1. The van der Waals surface area contributed by atoms with Crippen molar-refractivity contribution in [3.8, 4) is 0 Å². The molecule has 1 N–H and O–H groups in total. The fourth-order valence-electron chi connectivity index (χ4n) is 1.12. The Hall–Kier alpha value is -1.05. The zero-order valence-corrected chi connectivity index (χ0v) is 9.34. The van der Waals surface area contributed by atoms with Crippen LogP contribution in [0, 0.1) is 0 Å². The molecular weight excluding hydrogens is 176 g/mol. The Labute approximate surface area is 86.3 Å². The summed E-state index contributed by atoms with van der Waals surface area (Å²) in [4.78, 5) is 10.4. The molecule has 0 radical (unpaired) electrons. The molecule has 0 heterocycles. The van der Waals surface area contributed by atoms with Gasteiger partial charge < -0.3 is 5.11 Å². The van der Waals surface area contributed by atoms with E-state index in [-0.39, 0.29) is 6.42 Å². The zero-order chi connectivity index (χ0) is 11.0. The van der Waals surface area contributed by atoms with Crippen LogP contribution in [-0.4, -0.2) is 11.1 Å². The van der Waals surface area contributed by atoms with Crippen LogP contribution in [0.3, 0.4) is 0 Å². The number of rotatable bonds is 6. The van der Waals surface area contributed by atoms with E-state index in [4.69, 9.17) is 5.11 Å². The topological polar surface area (TPSA) is 37.3 Å². The summed E-state index contributed by atoms with van der Waals surface area (Å²) in [5.41, 5.74) is 2.21. The first-order valence-corrected chi connectivity index (χ1v) is 5.11. The molecule has 0 aromatic heterocycles. The summed E-state index contributed by atoms with van der Waals surface area (Å²) >= 11 is 0. The molecule has 14 heavy (non-hydrogen) atoms. The van der Waals surface area contributed by atoms with Gasteiger partial charge in [0.05, 0.1) is 6.42 Å². The third-order valence-corrected chi connectivity index (χ3v) is 2.01. The van der Waals surface area contributed by atoms with Crippen molar-refractivity contribution in [1.82, 2.24) is 0 Å². The zero-order valence-electron chi connectivity index (χ0n) is 9.34. The molecular formula is C12H20O2. The monoisotopic (exact) mass is 196 g/mol. The summed E-state index contributed by atoms with van der Waals surface area (Å²) in [6.07, 6.45) is 7.56. The first kappa shape index (κ1) is 12.9. The SMILES string of the molecule is CCCC/C(C)=C/C=C(\C)CC(=O)O. The van der Waals surface area contributed by atoms with E-state index < -0.39 is 5.97 Å². The van der Waals surface area contributed by atoms with E-state index in [1.165, 1.54) is 18.4 Å². The van der Waals surface area contributed by atoms with Crippen LogP contribution in [0.2, 0.25) is 0 Å². The molecule has 0 aromatic carbocycles. The van der Waals surface area contributed by atoms with Gasteiger partial charge in [0.1, 0.15) is 0 Å². The van der Waals surface area contributed by atoms with Crippen molar-refractivity contribution < 1.29 is 9.90 Å². The lowest BCUT2D eigenvalue weighted by atomic mass is 10.1. The first-order valence-electron chi connectivity index (χ1n) is 5.11. The number of hydrogen-bond acceptors (Lipinski definition) is 1. The molecule has 0 aromatic rings. The highest BCUT2D eigenvalue weighted by Gasteiger charge is 1.96. The highest BCUT2D eigenvalue weighted by Crippen LogP contribution is 2.08. The van der Waals surface area contributed by atoms with Crippen LogP contribution in [-0.2, 0) is 4.79 Å². The molecule has 0 saturated carbocycles. The number of allylic oxidation sites excluding steroid dienone is 3. The molecule has 0 bridgehead atoms. The molecule has 0 atom stereocenters. The highest BCUT2D eigenvalue weighted by atomic mass is 16.4. The van der Waals surface area contributed by atoms with Crippen LogP contribution in [0.4, 0.5) is 0 Å². The van der Waals surface area contributed by atoms with Crippen molar-refractivity contribution >= 4 is 5.97 Å². The highest BCUT2D eigenvalue weighted by molar-refractivity contribution is 5.69. The van der Waals surface area contributed by atoms with Gasteiger partial charge in [-0.2, -0.15) is 0 Å². The molecule has 2 nitrogen and oxygen atoms in total. The average molecular weight is 196 g/mol. The first-order chi connectivity index (χ1) is 6.56. The molecule has 0 amide bonds. The van der Waals surface area contributed by atoms with E-state index in [1.54, 1.807) is 0 Å². The van der Waals surface area contributed by atoms with Crippen molar-refractivity contribution in [3.63, 3.8) is 0 Å². The molecule has 0 rings (SSSR count). The van der Waals surface area contributed by atoms with E-state index in [1.807, 2.05) is 19.1 Å². The van der Waals surface area contributed by atoms with Crippen LogP contribution < -0.4 is 0 Å². The Morgan fingerprint density at radius 2 is 1.79 bits per heavy atom.